The van der Waals surface area contributed by atoms with Gasteiger partial charge in [0.2, 0.25) is 0 Å². The number of carbonyl (C=O) groups is 2. The second-order valence-electron chi connectivity index (χ2n) is 4.86. The number of hydrogen-bond acceptors (Lipinski definition) is 3. The summed E-state index contributed by atoms with van der Waals surface area (Å²) >= 11 is 3.21. The monoisotopic (exact) mass is 329 g/mol. The van der Waals surface area contributed by atoms with E-state index >= 15 is 0 Å². The van der Waals surface area contributed by atoms with E-state index in [4.69, 9.17) is 5.11 Å². The Balaban J connectivity index is 2.62. The minimum atomic E-state index is -0.910. The Bertz CT molecular complexity index is 499. The van der Waals surface area contributed by atoms with Gasteiger partial charge in [-0.1, -0.05) is 15.9 Å². The number of carboxylic acid groups (broad SMARTS) is 1. The zero-order valence-electron chi connectivity index (χ0n) is 10.7. The molecule has 0 unspecified atom stereocenters. The topological polar surface area (TPSA) is 86.6 Å². The first-order valence-electron chi connectivity index (χ1n) is 5.74. The third kappa shape index (κ3) is 4.24. The molecule has 6 heteroatoms. The quantitative estimate of drug-likeness (QED) is 0.774. The predicted molar refractivity (Wildman–Crippen MR) is 74.2 cm³/mol. The van der Waals surface area contributed by atoms with E-state index in [0.29, 0.717) is 10.9 Å². The molecule has 0 saturated heterocycles. The molecule has 0 aliphatic rings. The van der Waals surface area contributed by atoms with Crippen LogP contribution in [0.25, 0.3) is 0 Å². The number of amides is 1. The summed E-state index contributed by atoms with van der Waals surface area (Å²) < 4.78 is 0.682. The molecule has 0 aromatic heterocycles. The molecule has 1 rings (SSSR count). The van der Waals surface area contributed by atoms with Crippen molar-refractivity contribution in [3.8, 4) is 5.75 Å². The lowest BCUT2D eigenvalue weighted by Gasteiger charge is -2.19. The Hall–Kier alpha value is -1.56. The molecule has 0 fully saturated rings. The highest BCUT2D eigenvalue weighted by molar-refractivity contribution is 9.10. The molecule has 1 aromatic carbocycles. The summed E-state index contributed by atoms with van der Waals surface area (Å²) in [5.41, 5.74) is -0.741. The fourth-order valence-electron chi connectivity index (χ4n) is 1.38. The van der Waals surface area contributed by atoms with Gasteiger partial charge >= 0.3 is 5.97 Å². The van der Waals surface area contributed by atoms with Crippen molar-refractivity contribution in [2.75, 3.05) is 6.54 Å². The molecule has 0 aliphatic heterocycles. The molecule has 0 atom stereocenters. The molecule has 0 spiro atoms. The highest BCUT2D eigenvalue weighted by Crippen LogP contribution is 2.22. The fourth-order valence-corrected chi connectivity index (χ4v) is 1.74. The van der Waals surface area contributed by atoms with Gasteiger partial charge in [-0.25, -0.2) is 0 Å². The Morgan fingerprint density at radius 2 is 2.00 bits per heavy atom. The van der Waals surface area contributed by atoms with E-state index in [0.717, 1.165) is 0 Å². The average molecular weight is 330 g/mol. The number of rotatable bonds is 5. The van der Waals surface area contributed by atoms with Gasteiger partial charge in [0, 0.05) is 11.0 Å². The predicted octanol–water partition coefficient (Wildman–Crippen LogP) is 2.39. The highest BCUT2D eigenvalue weighted by Gasteiger charge is 2.26. The zero-order valence-corrected chi connectivity index (χ0v) is 12.3. The number of phenols is 1. The normalized spacial score (nSPS) is 11.1. The van der Waals surface area contributed by atoms with E-state index in [9.17, 15) is 14.7 Å². The van der Waals surface area contributed by atoms with E-state index in [1.165, 1.54) is 12.1 Å². The van der Waals surface area contributed by atoms with Gasteiger partial charge in [-0.05, 0) is 38.5 Å². The molecule has 0 bridgehead atoms. The molecular formula is C13H16BrNO4. The van der Waals surface area contributed by atoms with Crippen molar-refractivity contribution in [1.82, 2.24) is 5.32 Å². The van der Waals surface area contributed by atoms with Crippen LogP contribution in [0.3, 0.4) is 0 Å². The SMILES string of the molecule is CC(C)(CCNC(=O)c1cc(Br)ccc1O)C(=O)O. The van der Waals surface area contributed by atoms with Crippen molar-refractivity contribution in [3.63, 3.8) is 0 Å². The van der Waals surface area contributed by atoms with Crippen molar-refractivity contribution >= 4 is 27.8 Å². The lowest BCUT2D eigenvalue weighted by molar-refractivity contribution is -0.147. The molecule has 0 saturated carbocycles. The van der Waals surface area contributed by atoms with Gasteiger partial charge in [-0.2, -0.15) is 0 Å². The van der Waals surface area contributed by atoms with Gasteiger partial charge in [0.25, 0.3) is 5.91 Å². The Morgan fingerprint density at radius 1 is 1.37 bits per heavy atom. The largest absolute Gasteiger partial charge is 0.507 e. The summed E-state index contributed by atoms with van der Waals surface area (Å²) in [7, 11) is 0. The minimum Gasteiger partial charge on any atom is -0.507 e. The summed E-state index contributed by atoms with van der Waals surface area (Å²) in [4.78, 5) is 22.7. The molecule has 3 N–H and O–H groups in total. The van der Waals surface area contributed by atoms with Crippen molar-refractivity contribution in [2.45, 2.75) is 20.3 Å². The fraction of sp³-hybridized carbons (Fsp3) is 0.385. The minimum absolute atomic E-state index is 0.113. The van der Waals surface area contributed by atoms with Crippen LogP contribution in [0.4, 0.5) is 0 Å². The first kappa shape index (κ1) is 15.5. The molecule has 0 aliphatic carbocycles. The Labute approximate surface area is 119 Å². The average Bonchev–Trinajstić information content (AvgIpc) is 2.31. The second-order valence-corrected chi connectivity index (χ2v) is 5.77. The third-order valence-electron chi connectivity index (χ3n) is 2.82. The van der Waals surface area contributed by atoms with E-state index in [2.05, 4.69) is 21.2 Å². The van der Waals surface area contributed by atoms with Crippen LogP contribution in [0, 0.1) is 5.41 Å². The summed E-state index contributed by atoms with van der Waals surface area (Å²) in [5.74, 6) is -1.45. The molecule has 19 heavy (non-hydrogen) atoms. The standard InChI is InChI=1S/C13H16BrNO4/c1-13(2,12(18)19)5-6-15-11(17)9-7-8(14)3-4-10(9)16/h3-4,7,16H,5-6H2,1-2H3,(H,15,17)(H,18,19). The van der Waals surface area contributed by atoms with Crippen molar-refractivity contribution < 1.29 is 19.8 Å². The number of carboxylic acids is 1. The lowest BCUT2D eigenvalue weighted by Crippen LogP contribution is -2.32. The molecule has 5 nitrogen and oxygen atoms in total. The van der Waals surface area contributed by atoms with Gasteiger partial charge in [0.15, 0.2) is 0 Å². The summed E-state index contributed by atoms with van der Waals surface area (Å²) in [6, 6.07) is 4.55. The van der Waals surface area contributed by atoms with Gasteiger partial charge in [-0.3, -0.25) is 9.59 Å². The van der Waals surface area contributed by atoms with Crippen LogP contribution in [0.2, 0.25) is 0 Å². The first-order valence-corrected chi connectivity index (χ1v) is 6.53. The van der Waals surface area contributed by atoms with Crippen LogP contribution in [-0.4, -0.2) is 28.6 Å². The summed E-state index contributed by atoms with van der Waals surface area (Å²) in [6.45, 7) is 3.42. The van der Waals surface area contributed by atoms with Crippen LogP contribution in [-0.2, 0) is 4.79 Å². The van der Waals surface area contributed by atoms with Gasteiger partial charge in [0.1, 0.15) is 5.75 Å². The molecule has 0 radical (unpaired) electrons. The lowest BCUT2D eigenvalue weighted by atomic mass is 9.90. The molecule has 1 aromatic rings. The number of hydrogen-bond donors (Lipinski definition) is 3. The highest BCUT2D eigenvalue weighted by atomic mass is 79.9. The van der Waals surface area contributed by atoms with Crippen molar-refractivity contribution in [1.29, 1.82) is 0 Å². The molecule has 104 valence electrons. The molecule has 0 heterocycles. The van der Waals surface area contributed by atoms with Crippen LogP contribution in [0.1, 0.15) is 30.6 Å². The maximum absolute atomic E-state index is 11.8. The smallest absolute Gasteiger partial charge is 0.309 e. The number of aromatic hydroxyl groups is 1. The summed E-state index contributed by atoms with van der Waals surface area (Å²) in [6.07, 6.45) is 0.308. The number of halogens is 1. The number of phenolic OH excluding ortho intramolecular Hbond substituents is 1. The Kier molecular flexibility index (Phi) is 4.94. The van der Waals surface area contributed by atoms with E-state index in [-0.39, 0.29) is 17.9 Å². The van der Waals surface area contributed by atoms with Crippen LogP contribution >= 0.6 is 15.9 Å². The maximum Gasteiger partial charge on any atom is 0.309 e. The van der Waals surface area contributed by atoms with Crippen molar-refractivity contribution in [2.24, 2.45) is 5.41 Å². The van der Waals surface area contributed by atoms with Crippen LogP contribution in [0.5, 0.6) is 5.75 Å². The zero-order chi connectivity index (χ0) is 14.6. The van der Waals surface area contributed by atoms with E-state index in [1.54, 1.807) is 19.9 Å². The van der Waals surface area contributed by atoms with Crippen molar-refractivity contribution in [3.05, 3.63) is 28.2 Å². The number of aliphatic carboxylic acids is 1. The first-order chi connectivity index (χ1) is 8.74. The van der Waals surface area contributed by atoms with E-state index < -0.39 is 17.3 Å². The number of nitrogens with one attached hydrogen (secondary N) is 1. The van der Waals surface area contributed by atoms with Crippen LogP contribution in [0.15, 0.2) is 22.7 Å². The number of carbonyl (C=O) groups excluding carboxylic acids is 1. The van der Waals surface area contributed by atoms with E-state index in [1.807, 2.05) is 0 Å². The van der Waals surface area contributed by atoms with Gasteiger partial charge in [-0.15, -0.1) is 0 Å². The molecular weight excluding hydrogens is 314 g/mol. The third-order valence-corrected chi connectivity index (χ3v) is 3.31. The van der Waals surface area contributed by atoms with Gasteiger partial charge < -0.3 is 15.5 Å². The molecule has 1 amide bonds. The maximum atomic E-state index is 11.8. The van der Waals surface area contributed by atoms with Crippen LogP contribution < -0.4 is 5.32 Å². The number of benzene rings is 1. The Morgan fingerprint density at radius 3 is 2.58 bits per heavy atom. The second kappa shape index (κ2) is 6.06. The summed E-state index contributed by atoms with van der Waals surface area (Å²) in [5, 5.41) is 21.1. The van der Waals surface area contributed by atoms with Gasteiger partial charge in [0.05, 0.1) is 11.0 Å².